The van der Waals surface area contributed by atoms with Crippen LogP contribution >= 0.6 is 0 Å². The van der Waals surface area contributed by atoms with Gasteiger partial charge in [0.15, 0.2) is 6.61 Å². The number of hydrogen-bond acceptors (Lipinski definition) is 7. The van der Waals surface area contributed by atoms with Gasteiger partial charge in [-0.05, 0) is 61.9 Å². The van der Waals surface area contributed by atoms with Crippen molar-refractivity contribution >= 4 is 34.8 Å². The summed E-state index contributed by atoms with van der Waals surface area (Å²) in [5, 5.41) is 17.1. The smallest absolute Gasteiger partial charge is 0.338 e. The van der Waals surface area contributed by atoms with Crippen molar-refractivity contribution < 1.29 is 24.0 Å². The molecule has 2 N–H and O–H groups in total. The van der Waals surface area contributed by atoms with Crippen LogP contribution in [0.1, 0.15) is 53.3 Å². The van der Waals surface area contributed by atoms with E-state index in [9.17, 15) is 24.5 Å². The number of rotatable bonds is 8. The summed E-state index contributed by atoms with van der Waals surface area (Å²) >= 11 is 0. The van der Waals surface area contributed by atoms with Crippen LogP contribution in [0.15, 0.2) is 42.5 Å². The molecule has 0 spiro atoms. The highest BCUT2D eigenvalue weighted by molar-refractivity contribution is 5.99. The van der Waals surface area contributed by atoms with Crippen molar-refractivity contribution in [2.24, 2.45) is 5.92 Å². The molecule has 1 heterocycles. The number of hydrogen-bond donors (Lipinski definition) is 2. The van der Waals surface area contributed by atoms with Crippen LogP contribution < -0.4 is 15.5 Å². The lowest BCUT2D eigenvalue weighted by molar-refractivity contribution is -0.384. The highest BCUT2D eigenvalue weighted by atomic mass is 16.6. The summed E-state index contributed by atoms with van der Waals surface area (Å²) in [6, 6.07) is 10.9. The van der Waals surface area contributed by atoms with Gasteiger partial charge >= 0.3 is 5.97 Å². The highest BCUT2D eigenvalue weighted by Gasteiger charge is 2.26. The molecule has 10 nitrogen and oxygen atoms in total. The van der Waals surface area contributed by atoms with Crippen LogP contribution in [0.3, 0.4) is 0 Å². The lowest BCUT2D eigenvalue weighted by Crippen LogP contribution is -2.34. The van der Waals surface area contributed by atoms with Crippen molar-refractivity contribution in [1.82, 2.24) is 5.32 Å². The first-order valence-corrected chi connectivity index (χ1v) is 11.7. The zero-order valence-electron chi connectivity index (χ0n) is 19.5. The van der Waals surface area contributed by atoms with Crippen LogP contribution in [0.25, 0.3) is 0 Å². The Balaban J connectivity index is 1.35. The molecule has 1 saturated heterocycles. The molecule has 0 radical (unpaired) electrons. The summed E-state index contributed by atoms with van der Waals surface area (Å²) in [6.45, 7) is 2.97. The van der Waals surface area contributed by atoms with Gasteiger partial charge in [0.25, 0.3) is 17.5 Å². The molecule has 10 heteroatoms. The molecule has 2 aromatic carbocycles. The topological polar surface area (TPSA) is 131 Å². The number of esters is 1. The van der Waals surface area contributed by atoms with Crippen molar-refractivity contribution in [3.8, 4) is 0 Å². The second-order valence-electron chi connectivity index (χ2n) is 9.11. The number of benzene rings is 2. The SMILES string of the molecule is CC1CCCN(c2ccc(C(=O)OCC(=O)Nc3cccc(C(=O)NC4CC4)c3)cc2[N+](=O)[O-])C1. The van der Waals surface area contributed by atoms with E-state index in [1.165, 1.54) is 12.1 Å². The minimum absolute atomic E-state index is 0.00273. The average molecular weight is 481 g/mol. The summed E-state index contributed by atoms with van der Waals surface area (Å²) in [5.41, 5.74) is 1.12. The Morgan fingerprint density at radius 2 is 1.91 bits per heavy atom. The molecule has 1 aliphatic carbocycles. The molecule has 1 unspecified atom stereocenters. The van der Waals surface area contributed by atoms with E-state index in [-0.39, 0.29) is 23.2 Å². The first kappa shape index (κ1) is 24.2. The summed E-state index contributed by atoms with van der Waals surface area (Å²) in [5.74, 6) is -1.20. The van der Waals surface area contributed by atoms with Crippen LogP contribution in [0, 0.1) is 16.0 Å². The Morgan fingerprint density at radius 3 is 2.63 bits per heavy atom. The largest absolute Gasteiger partial charge is 0.452 e. The van der Waals surface area contributed by atoms with E-state index in [2.05, 4.69) is 17.6 Å². The molecule has 4 rings (SSSR count). The van der Waals surface area contributed by atoms with Gasteiger partial charge in [0.2, 0.25) is 0 Å². The number of carbonyl (C=O) groups is 3. The fourth-order valence-corrected chi connectivity index (χ4v) is 4.12. The second-order valence-corrected chi connectivity index (χ2v) is 9.11. The Hall–Kier alpha value is -3.95. The Labute approximate surface area is 202 Å². The summed E-state index contributed by atoms with van der Waals surface area (Å²) in [4.78, 5) is 50.1. The lowest BCUT2D eigenvalue weighted by atomic mass is 9.99. The number of nitrogens with one attached hydrogen (secondary N) is 2. The molecule has 0 aromatic heterocycles. The van der Waals surface area contributed by atoms with E-state index in [0.29, 0.717) is 29.4 Å². The quantitative estimate of drug-likeness (QED) is 0.336. The van der Waals surface area contributed by atoms with Gasteiger partial charge in [0, 0.05) is 36.4 Å². The number of nitro groups is 1. The molecule has 35 heavy (non-hydrogen) atoms. The maximum Gasteiger partial charge on any atom is 0.338 e. The van der Waals surface area contributed by atoms with Crippen molar-refractivity contribution in [2.45, 2.75) is 38.6 Å². The number of piperidine rings is 1. The summed E-state index contributed by atoms with van der Waals surface area (Å²) in [6.07, 6.45) is 3.97. The molecular formula is C25H28N4O6. The Bertz CT molecular complexity index is 1150. The fourth-order valence-electron chi connectivity index (χ4n) is 4.12. The molecule has 184 valence electrons. The van der Waals surface area contributed by atoms with Gasteiger partial charge in [-0.1, -0.05) is 13.0 Å². The highest BCUT2D eigenvalue weighted by Crippen LogP contribution is 2.32. The first-order valence-electron chi connectivity index (χ1n) is 11.7. The maximum absolute atomic E-state index is 12.5. The van der Waals surface area contributed by atoms with Crippen LogP contribution in [-0.2, 0) is 9.53 Å². The zero-order chi connectivity index (χ0) is 24.9. The second kappa shape index (κ2) is 10.5. The molecule has 2 amide bonds. The van der Waals surface area contributed by atoms with E-state index < -0.39 is 23.4 Å². The van der Waals surface area contributed by atoms with Gasteiger partial charge in [-0.2, -0.15) is 0 Å². The predicted molar refractivity (Wildman–Crippen MR) is 130 cm³/mol. The number of nitro benzene ring substituents is 1. The van der Waals surface area contributed by atoms with E-state index in [4.69, 9.17) is 4.74 Å². The fraction of sp³-hybridized carbons (Fsp3) is 0.400. The summed E-state index contributed by atoms with van der Waals surface area (Å²) in [7, 11) is 0. The molecule has 0 bridgehead atoms. The van der Waals surface area contributed by atoms with Crippen LogP contribution in [0.2, 0.25) is 0 Å². The maximum atomic E-state index is 12.5. The monoisotopic (exact) mass is 480 g/mol. The van der Waals surface area contributed by atoms with Gasteiger partial charge in [0.05, 0.1) is 10.5 Å². The van der Waals surface area contributed by atoms with Crippen molar-refractivity contribution in [1.29, 1.82) is 0 Å². The van der Waals surface area contributed by atoms with Gasteiger partial charge in [-0.3, -0.25) is 19.7 Å². The predicted octanol–water partition coefficient (Wildman–Crippen LogP) is 3.52. The van der Waals surface area contributed by atoms with Gasteiger partial charge in [-0.25, -0.2) is 4.79 Å². The van der Waals surface area contributed by atoms with Gasteiger partial charge in [0.1, 0.15) is 5.69 Å². The number of ether oxygens (including phenoxy) is 1. The standard InChI is InChI=1S/C25H28N4O6/c1-16-4-3-11-28(14-16)21-10-7-18(13-22(21)29(33)34)25(32)35-15-23(30)26-20-6-2-5-17(12-20)24(31)27-19-8-9-19/h2,5-7,10,12-13,16,19H,3-4,8-9,11,14-15H2,1H3,(H,26,30)(H,27,31). The van der Waals surface area contributed by atoms with E-state index in [1.807, 2.05) is 4.90 Å². The van der Waals surface area contributed by atoms with Gasteiger partial charge in [-0.15, -0.1) is 0 Å². The van der Waals surface area contributed by atoms with E-state index in [0.717, 1.165) is 32.2 Å². The van der Waals surface area contributed by atoms with Crippen LogP contribution in [-0.4, -0.2) is 48.4 Å². The van der Waals surface area contributed by atoms with Crippen molar-refractivity contribution in [2.75, 3.05) is 29.9 Å². The third kappa shape index (κ3) is 6.34. The minimum atomic E-state index is -0.834. The van der Waals surface area contributed by atoms with E-state index in [1.54, 1.807) is 30.3 Å². The molecule has 1 aliphatic heterocycles. The zero-order valence-corrected chi connectivity index (χ0v) is 19.5. The molecule has 2 aliphatic rings. The van der Waals surface area contributed by atoms with Crippen molar-refractivity contribution in [3.05, 3.63) is 63.7 Å². The van der Waals surface area contributed by atoms with Crippen molar-refractivity contribution in [3.63, 3.8) is 0 Å². The van der Waals surface area contributed by atoms with Crippen LogP contribution in [0.4, 0.5) is 17.1 Å². The summed E-state index contributed by atoms with van der Waals surface area (Å²) < 4.78 is 5.07. The normalized spacial score (nSPS) is 17.4. The number of nitrogens with zero attached hydrogens (tertiary/aromatic N) is 2. The third-order valence-electron chi connectivity index (χ3n) is 6.06. The first-order chi connectivity index (χ1) is 16.8. The molecule has 2 fully saturated rings. The molecular weight excluding hydrogens is 452 g/mol. The minimum Gasteiger partial charge on any atom is -0.452 e. The lowest BCUT2D eigenvalue weighted by Gasteiger charge is -2.32. The molecule has 1 saturated carbocycles. The molecule has 2 aromatic rings. The van der Waals surface area contributed by atoms with E-state index >= 15 is 0 Å². The third-order valence-corrected chi connectivity index (χ3v) is 6.06. The average Bonchev–Trinajstić information content (AvgIpc) is 3.66. The number of carbonyl (C=O) groups excluding carboxylic acids is 3. The number of amides is 2. The Kier molecular flexibility index (Phi) is 7.28. The Morgan fingerprint density at radius 1 is 1.11 bits per heavy atom. The number of anilines is 2. The molecule has 1 atom stereocenters. The van der Waals surface area contributed by atoms with Crippen LogP contribution in [0.5, 0.6) is 0 Å². The van der Waals surface area contributed by atoms with Gasteiger partial charge < -0.3 is 20.3 Å².